The Bertz CT molecular complexity index is 479. The fourth-order valence-corrected chi connectivity index (χ4v) is 1.97. The smallest absolute Gasteiger partial charge is 0.181 e. The van der Waals surface area contributed by atoms with Crippen LogP contribution in [0.3, 0.4) is 0 Å². The molecule has 0 unspecified atom stereocenters. The molecule has 2 rings (SSSR count). The topological polar surface area (TPSA) is 26.3 Å². The minimum Gasteiger partial charge on any atom is -0.447 e. The van der Waals surface area contributed by atoms with Crippen molar-refractivity contribution in [1.82, 2.24) is 0 Å². The largest absolute Gasteiger partial charge is 0.447 e. The van der Waals surface area contributed by atoms with Crippen LogP contribution in [0.4, 0.5) is 0 Å². The Morgan fingerprint density at radius 2 is 2.13 bits per heavy atom. The van der Waals surface area contributed by atoms with E-state index in [-0.39, 0.29) is 0 Å². The Balaban J connectivity index is 2.18. The molecule has 1 aromatic heterocycles. The fraction of sp³-hybridized carbons (Fsp3) is 0. The zero-order valence-corrected chi connectivity index (χ0v) is 9.22. The molecule has 1 heterocycles. The van der Waals surface area contributed by atoms with Crippen LogP contribution in [0.5, 0.6) is 10.8 Å². The van der Waals surface area contributed by atoms with Crippen LogP contribution in [-0.4, -0.2) is 6.29 Å². The first kappa shape index (κ1) is 10.2. The average molecular weight is 239 g/mol. The third-order valence-electron chi connectivity index (χ3n) is 1.73. The number of halogens is 1. The van der Waals surface area contributed by atoms with Gasteiger partial charge in [-0.3, -0.25) is 4.79 Å². The van der Waals surface area contributed by atoms with E-state index < -0.39 is 0 Å². The standard InChI is InChI=1S/C11H7ClO2S/c12-8-2-1-3-9(6-8)14-11-5-4-10(7-13)15-11/h1-7H. The van der Waals surface area contributed by atoms with Crippen LogP contribution in [0.25, 0.3) is 0 Å². The van der Waals surface area contributed by atoms with Gasteiger partial charge in [-0.2, -0.15) is 0 Å². The van der Waals surface area contributed by atoms with Gasteiger partial charge in [0, 0.05) is 5.02 Å². The van der Waals surface area contributed by atoms with Gasteiger partial charge in [0.1, 0.15) is 5.75 Å². The number of thiophene rings is 1. The monoisotopic (exact) mass is 238 g/mol. The van der Waals surface area contributed by atoms with Gasteiger partial charge in [0.15, 0.2) is 11.3 Å². The molecule has 0 amide bonds. The van der Waals surface area contributed by atoms with Gasteiger partial charge in [-0.25, -0.2) is 0 Å². The maximum absolute atomic E-state index is 10.5. The molecular weight excluding hydrogens is 232 g/mol. The Morgan fingerprint density at radius 3 is 2.80 bits per heavy atom. The summed E-state index contributed by atoms with van der Waals surface area (Å²) in [5.41, 5.74) is 0. The molecule has 76 valence electrons. The number of ether oxygens (including phenoxy) is 1. The molecule has 0 fully saturated rings. The maximum atomic E-state index is 10.5. The Morgan fingerprint density at radius 1 is 1.27 bits per heavy atom. The molecule has 0 atom stereocenters. The lowest BCUT2D eigenvalue weighted by molar-refractivity contribution is 0.112. The first-order valence-corrected chi connectivity index (χ1v) is 5.46. The summed E-state index contributed by atoms with van der Waals surface area (Å²) >= 11 is 7.11. The van der Waals surface area contributed by atoms with Gasteiger partial charge in [-0.1, -0.05) is 29.0 Å². The third-order valence-corrected chi connectivity index (χ3v) is 2.86. The second-order valence-electron chi connectivity index (χ2n) is 2.83. The van der Waals surface area contributed by atoms with Crippen LogP contribution in [0.15, 0.2) is 36.4 Å². The van der Waals surface area contributed by atoms with E-state index >= 15 is 0 Å². The third kappa shape index (κ3) is 2.58. The Labute approximate surface area is 96.1 Å². The van der Waals surface area contributed by atoms with Crippen LogP contribution < -0.4 is 4.74 Å². The minimum atomic E-state index is 0.625. The maximum Gasteiger partial charge on any atom is 0.181 e. The summed E-state index contributed by atoms with van der Waals surface area (Å²) in [6.07, 6.45) is 0.801. The quantitative estimate of drug-likeness (QED) is 0.756. The molecule has 0 aliphatic heterocycles. The molecule has 2 nitrogen and oxygen atoms in total. The van der Waals surface area contributed by atoms with Crippen LogP contribution in [-0.2, 0) is 0 Å². The van der Waals surface area contributed by atoms with Crippen molar-refractivity contribution >= 4 is 29.2 Å². The van der Waals surface area contributed by atoms with Crippen molar-refractivity contribution in [2.75, 3.05) is 0 Å². The average Bonchev–Trinajstić information content (AvgIpc) is 2.65. The molecule has 0 saturated heterocycles. The van der Waals surface area contributed by atoms with E-state index in [4.69, 9.17) is 16.3 Å². The molecule has 0 aliphatic rings. The summed E-state index contributed by atoms with van der Waals surface area (Å²) < 4.78 is 5.52. The van der Waals surface area contributed by atoms with Gasteiger partial charge in [0.05, 0.1) is 4.88 Å². The number of carbonyl (C=O) groups excluding carboxylic acids is 1. The highest BCUT2D eigenvalue weighted by Crippen LogP contribution is 2.29. The van der Waals surface area contributed by atoms with E-state index in [9.17, 15) is 4.79 Å². The highest BCUT2D eigenvalue weighted by atomic mass is 35.5. The molecule has 0 saturated carbocycles. The molecule has 15 heavy (non-hydrogen) atoms. The summed E-state index contributed by atoms with van der Waals surface area (Å²) in [6.45, 7) is 0. The van der Waals surface area contributed by atoms with Crippen molar-refractivity contribution in [2.45, 2.75) is 0 Å². The number of aldehydes is 1. The zero-order chi connectivity index (χ0) is 10.7. The molecular formula is C11H7ClO2S. The van der Waals surface area contributed by atoms with E-state index in [1.54, 1.807) is 24.3 Å². The van der Waals surface area contributed by atoms with Crippen LogP contribution in [0, 0.1) is 0 Å². The van der Waals surface area contributed by atoms with Gasteiger partial charge >= 0.3 is 0 Å². The zero-order valence-electron chi connectivity index (χ0n) is 7.64. The van der Waals surface area contributed by atoms with E-state index in [1.807, 2.05) is 12.1 Å². The molecule has 0 radical (unpaired) electrons. The summed E-state index contributed by atoms with van der Waals surface area (Å²) in [7, 11) is 0. The number of hydrogen-bond donors (Lipinski definition) is 0. The highest BCUT2D eigenvalue weighted by Gasteiger charge is 2.01. The van der Waals surface area contributed by atoms with Crippen molar-refractivity contribution in [3.8, 4) is 10.8 Å². The second-order valence-corrected chi connectivity index (χ2v) is 4.35. The Hall–Kier alpha value is -1.32. The number of hydrogen-bond acceptors (Lipinski definition) is 3. The van der Waals surface area contributed by atoms with Crippen molar-refractivity contribution in [3.63, 3.8) is 0 Å². The normalized spacial score (nSPS) is 9.93. The van der Waals surface area contributed by atoms with Crippen LogP contribution in [0.1, 0.15) is 9.67 Å². The summed E-state index contributed by atoms with van der Waals surface area (Å²) in [4.78, 5) is 11.1. The SMILES string of the molecule is O=Cc1ccc(Oc2cccc(Cl)c2)s1. The number of carbonyl (C=O) groups is 1. The highest BCUT2D eigenvalue weighted by molar-refractivity contribution is 7.15. The lowest BCUT2D eigenvalue weighted by Crippen LogP contribution is -1.79. The van der Waals surface area contributed by atoms with E-state index in [0.29, 0.717) is 20.7 Å². The van der Waals surface area contributed by atoms with Gasteiger partial charge in [0.25, 0.3) is 0 Å². The Kier molecular flexibility index (Phi) is 3.04. The predicted octanol–water partition coefficient (Wildman–Crippen LogP) is 4.01. The van der Waals surface area contributed by atoms with Crippen LogP contribution >= 0.6 is 22.9 Å². The molecule has 0 spiro atoms. The van der Waals surface area contributed by atoms with Gasteiger partial charge < -0.3 is 4.74 Å². The molecule has 0 bridgehead atoms. The van der Waals surface area contributed by atoms with Gasteiger partial charge in [-0.15, -0.1) is 0 Å². The molecule has 0 aliphatic carbocycles. The van der Waals surface area contributed by atoms with Crippen molar-refractivity contribution in [2.24, 2.45) is 0 Å². The predicted molar refractivity (Wildman–Crippen MR) is 61.2 cm³/mol. The van der Waals surface area contributed by atoms with Crippen molar-refractivity contribution in [3.05, 3.63) is 46.3 Å². The van der Waals surface area contributed by atoms with Crippen molar-refractivity contribution < 1.29 is 9.53 Å². The number of benzene rings is 1. The summed E-state index contributed by atoms with van der Waals surface area (Å²) in [6, 6.07) is 10.6. The van der Waals surface area contributed by atoms with Crippen molar-refractivity contribution in [1.29, 1.82) is 0 Å². The molecule has 1 aromatic carbocycles. The van der Waals surface area contributed by atoms with E-state index in [0.717, 1.165) is 6.29 Å². The summed E-state index contributed by atoms with van der Waals surface area (Å²) in [5.74, 6) is 0.668. The summed E-state index contributed by atoms with van der Waals surface area (Å²) in [5, 5.41) is 1.30. The van der Waals surface area contributed by atoms with Crippen LogP contribution in [0.2, 0.25) is 5.02 Å². The lowest BCUT2D eigenvalue weighted by Gasteiger charge is -2.01. The van der Waals surface area contributed by atoms with Gasteiger partial charge in [-0.05, 0) is 30.3 Å². The minimum absolute atomic E-state index is 0.625. The fourth-order valence-electron chi connectivity index (χ4n) is 1.10. The van der Waals surface area contributed by atoms with E-state index in [2.05, 4.69) is 0 Å². The second kappa shape index (κ2) is 4.47. The number of rotatable bonds is 3. The van der Waals surface area contributed by atoms with Gasteiger partial charge in [0.2, 0.25) is 0 Å². The lowest BCUT2D eigenvalue weighted by atomic mass is 10.3. The molecule has 4 heteroatoms. The first-order valence-electron chi connectivity index (χ1n) is 4.26. The molecule has 2 aromatic rings. The first-order chi connectivity index (χ1) is 7.28. The molecule has 0 N–H and O–H groups in total. The van der Waals surface area contributed by atoms with E-state index in [1.165, 1.54) is 11.3 Å².